The van der Waals surface area contributed by atoms with Gasteiger partial charge in [-0.2, -0.15) is 18.1 Å². The minimum Gasteiger partial charge on any atom is -0.453 e. The quantitative estimate of drug-likeness (QED) is 0.0320. The summed E-state index contributed by atoms with van der Waals surface area (Å²) in [4.78, 5) is 13.6. The SMILES string of the molecule is N#CCCOPOC[C@@H]1O[C@H](COCc2ccccc2)C(OCc2ccccc2)C(OC(=O)c2ccccc2)C1OCc1ccccc1.[CH2-]CC.[CH2-]CC.[Ni+2]. The monoisotopic (exact) mass is 813 g/mol. The molecule has 4 aromatic rings. The maximum atomic E-state index is 13.6. The second-order valence-corrected chi connectivity index (χ2v) is 12.9. The summed E-state index contributed by atoms with van der Waals surface area (Å²) in [6.45, 7) is 12.4. The van der Waals surface area contributed by atoms with Crippen molar-refractivity contribution in [3.05, 3.63) is 157 Å². The van der Waals surface area contributed by atoms with Crippen molar-refractivity contribution >= 4 is 15.0 Å². The molecule has 0 spiro atoms. The van der Waals surface area contributed by atoms with Crippen molar-refractivity contribution in [2.75, 3.05) is 19.8 Å². The van der Waals surface area contributed by atoms with Crippen LogP contribution in [0, 0.1) is 25.2 Å². The van der Waals surface area contributed by atoms with Crippen molar-refractivity contribution < 1.29 is 54.0 Å². The minimum atomic E-state index is -0.888. The summed E-state index contributed by atoms with van der Waals surface area (Å²) in [6, 6.07) is 40.3. The van der Waals surface area contributed by atoms with E-state index >= 15 is 0 Å². The Bertz CT molecular complexity index is 1560. The summed E-state index contributed by atoms with van der Waals surface area (Å²) in [5.41, 5.74) is 3.33. The fraction of sp³-hybridized carbons (Fsp3) is 0.364. The third-order valence-corrected chi connectivity index (χ3v) is 8.23. The number of nitriles is 1. The van der Waals surface area contributed by atoms with E-state index < -0.39 is 36.5 Å². The molecule has 1 saturated heterocycles. The van der Waals surface area contributed by atoms with E-state index in [1.165, 1.54) is 0 Å². The molecule has 0 N–H and O–H groups in total. The van der Waals surface area contributed by atoms with Crippen LogP contribution in [0.5, 0.6) is 0 Å². The van der Waals surface area contributed by atoms with Crippen LogP contribution in [0.3, 0.4) is 0 Å². The minimum absolute atomic E-state index is 0. The zero-order valence-corrected chi connectivity index (χ0v) is 33.7. The standard InChI is InChI=1S/C38H40NO8P.2C3H7.Ni/c39-22-13-23-44-48-45-28-34-36(43-26-31-18-9-3-10-19-31)37(47-38(40)32-20-11-4-12-21-32)35(42-25-30-16-7-2-8-17-30)33(46-34)27-41-24-29-14-5-1-6-15-29;2*1-3-2;/h1-12,14-21,33-37,48H,13,23-28H2;2*1,3H2,2H3;/q;2*-1;+2/t33-,34+,35?,36?,37?;;;/m1.../s1. The van der Waals surface area contributed by atoms with E-state index in [4.69, 9.17) is 38.0 Å². The van der Waals surface area contributed by atoms with Crippen molar-refractivity contribution in [1.29, 1.82) is 5.26 Å². The van der Waals surface area contributed by atoms with E-state index in [1.54, 1.807) is 24.3 Å². The fourth-order valence-electron chi connectivity index (χ4n) is 5.26. The molecule has 1 heterocycles. The summed E-state index contributed by atoms with van der Waals surface area (Å²) < 4.78 is 43.7. The summed E-state index contributed by atoms with van der Waals surface area (Å²) >= 11 is 0. The second-order valence-electron chi connectivity index (χ2n) is 12.1. The van der Waals surface area contributed by atoms with Gasteiger partial charge in [-0.15, -0.1) is 0 Å². The molecule has 0 saturated carbocycles. The van der Waals surface area contributed by atoms with Crippen LogP contribution in [0.2, 0.25) is 0 Å². The van der Waals surface area contributed by atoms with Gasteiger partial charge in [0.25, 0.3) is 0 Å². The molecule has 1 aliphatic rings. The average molecular weight is 815 g/mol. The maximum Gasteiger partial charge on any atom is 2.00 e. The largest absolute Gasteiger partial charge is 2.00 e. The molecule has 0 aliphatic carbocycles. The van der Waals surface area contributed by atoms with Gasteiger partial charge in [-0.05, 0) is 28.8 Å². The van der Waals surface area contributed by atoms with Gasteiger partial charge in [-0.1, -0.05) is 123 Å². The van der Waals surface area contributed by atoms with E-state index in [-0.39, 0.29) is 65.0 Å². The number of carbonyl (C=O) groups is 1. The van der Waals surface area contributed by atoms with E-state index in [1.807, 2.05) is 111 Å². The maximum absolute atomic E-state index is 13.6. The second kappa shape index (κ2) is 29.8. The van der Waals surface area contributed by atoms with Crippen LogP contribution in [-0.4, -0.2) is 56.3 Å². The first kappa shape index (κ1) is 47.7. The number of ether oxygens (including phenoxy) is 5. The molecule has 0 bridgehead atoms. The predicted octanol–water partition coefficient (Wildman–Crippen LogP) is 9.28. The summed E-state index contributed by atoms with van der Waals surface area (Å²) in [5.74, 6) is -0.505. The van der Waals surface area contributed by atoms with Crippen LogP contribution in [-0.2, 0) is 69.0 Å². The van der Waals surface area contributed by atoms with Crippen LogP contribution in [0.4, 0.5) is 0 Å². The Kier molecular flexibility index (Phi) is 25.8. The van der Waals surface area contributed by atoms with Crippen LogP contribution in [0.15, 0.2) is 121 Å². The van der Waals surface area contributed by atoms with E-state index in [2.05, 4.69) is 19.9 Å². The molecular weight excluding hydrogens is 760 g/mol. The number of hydrogen-bond donors (Lipinski definition) is 0. The normalized spacial score (nSPS) is 18.8. The molecule has 4 aromatic carbocycles. The van der Waals surface area contributed by atoms with E-state index in [9.17, 15) is 4.79 Å². The Labute approximate surface area is 339 Å². The van der Waals surface area contributed by atoms with Crippen molar-refractivity contribution in [1.82, 2.24) is 0 Å². The van der Waals surface area contributed by atoms with Crippen molar-refractivity contribution in [2.24, 2.45) is 0 Å². The molecule has 5 rings (SSSR count). The number of rotatable bonds is 18. The zero-order valence-electron chi connectivity index (χ0n) is 31.7. The first-order valence-corrected chi connectivity index (χ1v) is 19.1. The number of esters is 1. The first-order valence-electron chi connectivity index (χ1n) is 18.3. The van der Waals surface area contributed by atoms with E-state index in [0.29, 0.717) is 12.2 Å². The smallest absolute Gasteiger partial charge is 0.453 e. The first-order chi connectivity index (χ1) is 26.5. The van der Waals surface area contributed by atoms with Crippen LogP contribution < -0.4 is 0 Å². The molecule has 0 aromatic heterocycles. The van der Waals surface area contributed by atoms with Crippen molar-refractivity contribution in [3.8, 4) is 6.07 Å². The van der Waals surface area contributed by atoms with Gasteiger partial charge in [0.1, 0.15) is 24.4 Å². The summed E-state index contributed by atoms with van der Waals surface area (Å²) in [6.07, 6.45) is -1.46. The average Bonchev–Trinajstić information content (AvgIpc) is 3.20. The van der Waals surface area contributed by atoms with Gasteiger partial charge in [0, 0.05) is 0 Å². The van der Waals surface area contributed by atoms with Gasteiger partial charge in [0.15, 0.2) is 15.1 Å². The molecule has 6 atom stereocenters. The van der Waals surface area contributed by atoms with Gasteiger partial charge in [0.2, 0.25) is 0 Å². The molecule has 4 unspecified atom stereocenters. The van der Waals surface area contributed by atoms with Crippen molar-refractivity contribution in [2.45, 2.75) is 83.5 Å². The fourth-order valence-corrected chi connectivity index (χ4v) is 5.76. The Balaban J connectivity index is 0.00000140. The Morgan fingerprint density at radius 3 is 1.58 bits per heavy atom. The van der Waals surface area contributed by atoms with Crippen molar-refractivity contribution in [3.63, 3.8) is 0 Å². The predicted molar refractivity (Wildman–Crippen MR) is 212 cm³/mol. The van der Waals surface area contributed by atoms with E-state index in [0.717, 1.165) is 29.5 Å². The van der Waals surface area contributed by atoms with Gasteiger partial charge < -0.3 is 46.6 Å². The third kappa shape index (κ3) is 18.3. The molecule has 1 aliphatic heterocycles. The number of carbonyl (C=O) groups excluding carboxylic acids is 1. The summed E-state index contributed by atoms with van der Waals surface area (Å²) in [7, 11) is -0.311. The topological polar surface area (TPSA) is 105 Å². The van der Waals surface area contributed by atoms with Gasteiger partial charge in [-0.25, -0.2) is 4.79 Å². The zero-order chi connectivity index (χ0) is 38.6. The van der Waals surface area contributed by atoms with Crippen LogP contribution in [0.25, 0.3) is 0 Å². The van der Waals surface area contributed by atoms with Crippen LogP contribution in [0.1, 0.15) is 60.2 Å². The number of benzene rings is 4. The molecule has 55 heavy (non-hydrogen) atoms. The Morgan fingerprint density at radius 1 is 0.673 bits per heavy atom. The summed E-state index contributed by atoms with van der Waals surface area (Å²) in [5, 5.41) is 8.84. The number of nitrogens with zero attached hydrogens (tertiary/aromatic N) is 1. The molecule has 1 fully saturated rings. The third-order valence-electron chi connectivity index (χ3n) is 7.63. The van der Waals surface area contributed by atoms with Crippen LogP contribution >= 0.6 is 9.03 Å². The van der Waals surface area contributed by atoms with Gasteiger partial charge >= 0.3 is 22.5 Å². The molecule has 9 nitrogen and oxygen atoms in total. The van der Waals surface area contributed by atoms with Gasteiger partial charge in [-0.3, -0.25) is 0 Å². The Hall–Kier alpha value is -3.48. The van der Waals surface area contributed by atoms with Gasteiger partial charge in [0.05, 0.1) is 57.7 Å². The number of hydrogen-bond acceptors (Lipinski definition) is 9. The molecular formula is C44H54NNiO8P. The molecule has 0 radical (unpaired) electrons. The molecule has 298 valence electrons. The Morgan fingerprint density at radius 2 is 1.11 bits per heavy atom. The molecule has 11 heteroatoms. The molecule has 0 amide bonds.